The maximum atomic E-state index is 11.1. The molecule has 0 atom stereocenters. The predicted molar refractivity (Wildman–Crippen MR) is 98.4 cm³/mol. The number of benzene rings is 3. The SMILES string of the molecule is Cc1ccc(-c2ccccc2Nc2ccc([N+](=O)[O-])c3nonc23)cc1. The van der Waals surface area contributed by atoms with Crippen molar-refractivity contribution in [2.24, 2.45) is 0 Å². The fourth-order valence-electron chi connectivity index (χ4n) is 2.82. The molecule has 4 aromatic rings. The van der Waals surface area contributed by atoms with Crippen molar-refractivity contribution in [2.45, 2.75) is 6.92 Å². The van der Waals surface area contributed by atoms with Gasteiger partial charge in [0.25, 0.3) is 0 Å². The number of aryl methyl sites for hydroxylation is 1. The maximum Gasteiger partial charge on any atom is 0.300 e. The molecular weight excluding hydrogens is 332 g/mol. The number of non-ortho nitro benzene ring substituents is 1. The summed E-state index contributed by atoms with van der Waals surface area (Å²) in [6.45, 7) is 2.04. The van der Waals surface area contributed by atoms with Crippen LogP contribution in [0.15, 0.2) is 65.3 Å². The highest BCUT2D eigenvalue weighted by Crippen LogP contribution is 2.34. The summed E-state index contributed by atoms with van der Waals surface area (Å²) in [6.07, 6.45) is 0. The number of nitro benzene ring substituents is 1. The molecular formula is C19H14N4O3. The van der Waals surface area contributed by atoms with Crippen molar-refractivity contribution in [3.05, 3.63) is 76.3 Å². The second kappa shape index (κ2) is 6.29. The molecule has 0 aliphatic rings. The van der Waals surface area contributed by atoms with Gasteiger partial charge in [0.1, 0.15) is 0 Å². The molecule has 1 heterocycles. The number of aromatic nitrogens is 2. The standard InChI is InChI=1S/C19H14N4O3/c1-12-6-8-13(9-7-12)14-4-2-3-5-15(14)20-16-10-11-17(23(24)25)19-18(16)21-26-22-19/h2-11,20H,1H3. The largest absolute Gasteiger partial charge is 0.353 e. The zero-order valence-corrected chi connectivity index (χ0v) is 13.8. The van der Waals surface area contributed by atoms with Crippen molar-refractivity contribution in [1.82, 2.24) is 10.3 Å². The number of hydrogen-bond donors (Lipinski definition) is 1. The monoisotopic (exact) mass is 346 g/mol. The van der Waals surface area contributed by atoms with E-state index in [0.29, 0.717) is 11.2 Å². The number of nitrogens with zero attached hydrogens (tertiary/aromatic N) is 3. The van der Waals surface area contributed by atoms with Gasteiger partial charge in [-0.1, -0.05) is 48.0 Å². The van der Waals surface area contributed by atoms with Crippen molar-refractivity contribution in [3.8, 4) is 11.1 Å². The van der Waals surface area contributed by atoms with E-state index in [0.717, 1.165) is 16.8 Å². The summed E-state index contributed by atoms with van der Waals surface area (Å²) in [4.78, 5) is 10.6. The molecule has 7 heteroatoms. The molecule has 0 unspecified atom stereocenters. The fraction of sp³-hybridized carbons (Fsp3) is 0.0526. The average molecular weight is 346 g/mol. The topological polar surface area (TPSA) is 94.1 Å². The number of anilines is 2. The first-order chi connectivity index (χ1) is 12.6. The van der Waals surface area contributed by atoms with Gasteiger partial charge in [-0.2, -0.15) is 0 Å². The fourth-order valence-corrected chi connectivity index (χ4v) is 2.82. The van der Waals surface area contributed by atoms with Crippen molar-refractivity contribution in [1.29, 1.82) is 0 Å². The third-order valence-electron chi connectivity index (χ3n) is 4.15. The van der Waals surface area contributed by atoms with Crippen molar-refractivity contribution in [3.63, 3.8) is 0 Å². The summed E-state index contributed by atoms with van der Waals surface area (Å²) in [5, 5.41) is 21.9. The predicted octanol–water partition coefficient (Wildman–Crippen LogP) is 4.85. The highest BCUT2D eigenvalue weighted by atomic mass is 16.6. The van der Waals surface area contributed by atoms with Gasteiger partial charge in [0.15, 0.2) is 5.52 Å². The minimum absolute atomic E-state index is 0.118. The second-order valence-corrected chi connectivity index (χ2v) is 5.89. The normalized spacial score (nSPS) is 10.8. The Hall–Kier alpha value is -3.74. The molecule has 4 rings (SSSR count). The molecule has 0 amide bonds. The first-order valence-corrected chi connectivity index (χ1v) is 7.96. The lowest BCUT2D eigenvalue weighted by molar-refractivity contribution is -0.383. The van der Waals surface area contributed by atoms with Crippen LogP contribution in [0.1, 0.15) is 5.56 Å². The lowest BCUT2D eigenvalue weighted by atomic mass is 10.0. The highest BCUT2D eigenvalue weighted by Gasteiger charge is 2.20. The Morgan fingerprint density at radius 1 is 0.923 bits per heavy atom. The van der Waals surface area contributed by atoms with Gasteiger partial charge in [-0.3, -0.25) is 10.1 Å². The van der Waals surface area contributed by atoms with E-state index in [4.69, 9.17) is 4.63 Å². The quantitative estimate of drug-likeness (QED) is 0.419. The molecule has 0 spiro atoms. The van der Waals surface area contributed by atoms with Crippen LogP contribution in [-0.2, 0) is 0 Å². The summed E-state index contributed by atoms with van der Waals surface area (Å²) < 4.78 is 4.72. The van der Waals surface area contributed by atoms with Gasteiger partial charge in [0.2, 0.25) is 5.52 Å². The molecule has 0 bridgehead atoms. The molecule has 26 heavy (non-hydrogen) atoms. The molecule has 0 aliphatic heterocycles. The van der Waals surface area contributed by atoms with Gasteiger partial charge in [-0.25, -0.2) is 4.63 Å². The van der Waals surface area contributed by atoms with E-state index in [-0.39, 0.29) is 11.2 Å². The molecule has 1 N–H and O–H groups in total. The van der Waals surface area contributed by atoms with Crippen LogP contribution in [0.25, 0.3) is 22.2 Å². The Morgan fingerprint density at radius 2 is 1.65 bits per heavy atom. The Kier molecular flexibility index (Phi) is 3.81. The van der Waals surface area contributed by atoms with E-state index in [2.05, 4.69) is 39.9 Å². The van der Waals surface area contributed by atoms with E-state index in [9.17, 15) is 10.1 Å². The maximum absolute atomic E-state index is 11.1. The van der Waals surface area contributed by atoms with E-state index >= 15 is 0 Å². The summed E-state index contributed by atoms with van der Waals surface area (Å²) >= 11 is 0. The highest BCUT2D eigenvalue weighted by molar-refractivity contribution is 5.96. The van der Waals surface area contributed by atoms with Gasteiger partial charge >= 0.3 is 5.69 Å². The van der Waals surface area contributed by atoms with Crippen LogP contribution in [0.2, 0.25) is 0 Å². The number of fused-ring (bicyclic) bond motifs is 1. The third kappa shape index (κ3) is 2.75. The minimum Gasteiger partial charge on any atom is -0.353 e. The smallest absolute Gasteiger partial charge is 0.300 e. The number of nitrogens with one attached hydrogen (secondary N) is 1. The van der Waals surface area contributed by atoms with Crippen molar-refractivity contribution >= 4 is 28.1 Å². The third-order valence-corrected chi connectivity index (χ3v) is 4.15. The number of para-hydroxylation sites is 1. The van der Waals surface area contributed by atoms with E-state index in [1.165, 1.54) is 11.6 Å². The number of rotatable bonds is 4. The Morgan fingerprint density at radius 3 is 2.42 bits per heavy atom. The Balaban J connectivity index is 1.79. The summed E-state index contributed by atoms with van der Waals surface area (Å²) in [7, 11) is 0. The van der Waals surface area contributed by atoms with Crippen molar-refractivity contribution < 1.29 is 9.55 Å². The van der Waals surface area contributed by atoms with Crippen LogP contribution >= 0.6 is 0 Å². The molecule has 0 saturated carbocycles. The van der Waals surface area contributed by atoms with Crippen LogP contribution in [0.4, 0.5) is 17.1 Å². The van der Waals surface area contributed by atoms with Crippen LogP contribution in [-0.4, -0.2) is 15.2 Å². The molecule has 0 fully saturated rings. The van der Waals surface area contributed by atoms with Crippen LogP contribution < -0.4 is 5.32 Å². The average Bonchev–Trinajstić information content (AvgIpc) is 3.13. The summed E-state index contributed by atoms with van der Waals surface area (Å²) in [6, 6.07) is 19.0. The first kappa shape index (κ1) is 15.8. The molecule has 0 radical (unpaired) electrons. The summed E-state index contributed by atoms with van der Waals surface area (Å²) in [5.41, 5.74) is 5.00. The minimum atomic E-state index is -0.503. The lowest BCUT2D eigenvalue weighted by Gasteiger charge is -2.12. The van der Waals surface area contributed by atoms with Crippen molar-refractivity contribution in [2.75, 3.05) is 5.32 Å². The molecule has 1 aromatic heterocycles. The summed E-state index contributed by atoms with van der Waals surface area (Å²) in [5.74, 6) is 0. The molecule has 0 aliphatic carbocycles. The Bertz CT molecular complexity index is 1100. The molecule has 128 valence electrons. The van der Waals surface area contributed by atoms with E-state index in [1.807, 2.05) is 31.2 Å². The number of hydrogen-bond acceptors (Lipinski definition) is 6. The van der Waals surface area contributed by atoms with Crippen LogP contribution in [0.3, 0.4) is 0 Å². The van der Waals surface area contributed by atoms with E-state index in [1.54, 1.807) is 6.07 Å². The van der Waals surface area contributed by atoms with Crippen LogP contribution in [0, 0.1) is 17.0 Å². The Labute approximate surface area is 148 Å². The van der Waals surface area contributed by atoms with Gasteiger partial charge in [-0.05, 0) is 34.9 Å². The zero-order chi connectivity index (χ0) is 18.1. The molecule has 0 saturated heterocycles. The lowest BCUT2D eigenvalue weighted by Crippen LogP contribution is -1.96. The van der Waals surface area contributed by atoms with Gasteiger partial charge < -0.3 is 5.32 Å². The molecule has 7 nitrogen and oxygen atoms in total. The van der Waals surface area contributed by atoms with Gasteiger partial charge in [-0.15, -0.1) is 0 Å². The van der Waals surface area contributed by atoms with Crippen LogP contribution in [0.5, 0.6) is 0 Å². The second-order valence-electron chi connectivity index (χ2n) is 5.89. The first-order valence-electron chi connectivity index (χ1n) is 7.96. The zero-order valence-electron chi connectivity index (χ0n) is 13.8. The van der Waals surface area contributed by atoms with Gasteiger partial charge in [0.05, 0.1) is 10.6 Å². The van der Waals surface area contributed by atoms with E-state index < -0.39 is 4.92 Å². The molecule has 3 aromatic carbocycles. The van der Waals surface area contributed by atoms with Gasteiger partial charge in [0, 0.05) is 17.3 Å². The number of nitro groups is 1.